The second-order valence-corrected chi connectivity index (χ2v) is 11.3. The fraction of sp³-hybridized carbons (Fsp3) is 0.593. The van der Waals surface area contributed by atoms with Crippen molar-refractivity contribution in [2.75, 3.05) is 19.1 Å². The fourth-order valence-corrected chi connectivity index (χ4v) is 9.65. The van der Waals surface area contributed by atoms with E-state index in [-0.39, 0.29) is 41.1 Å². The summed E-state index contributed by atoms with van der Waals surface area (Å²) in [6, 6.07) is 12.6. The third-order valence-corrected chi connectivity index (χ3v) is 10.6. The largest absolute Gasteiger partial charge is 0.463 e. The number of ether oxygens (including phenoxy) is 1. The average Bonchev–Trinajstić information content (AvgIpc) is 3.47. The first-order chi connectivity index (χ1) is 16.4. The molecule has 180 valence electrons. The Morgan fingerprint density at radius 3 is 2.79 bits per heavy atom. The van der Waals surface area contributed by atoms with E-state index in [2.05, 4.69) is 43.1 Å². The van der Waals surface area contributed by atoms with Gasteiger partial charge in [0.15, 0.2) is 12.0 Å². The number of carbonyl (C=O) groups excluding carboxylic acids is 1. The number of furan rings is 1. The summed E-state index contributed by atoms with van der Waals surface area (Å²) in [5.74, 6) is 1.04. The minimum Gasteiger partial charge on any atom is -0.463 e. The van der Waals surface area contributed by atoms with E-state index in [1.807, 2.05) is 6.07 Å². The van der Waals surface area contributed by atoms with Gasteiger partial charge in [0.1, 0.15) is 12.6 Å². The molecule has 5 aliphatic heterocycles. The number of anilines is 1. The van der Waals surface area contributed by atoms with Crippen LogP contribution in [0.15, 0.2) is 40.8 Å². The van der Waals surface area contributed by atoms with Crippen molar-refractivity contribution in [3.8, 4) is 0 Å². The quantitative estimate of drug-likeness (QED) is 0.534. The summed E-state index contributed by atoms with van der Waals surface area (Å²) in [5.41, 5.74) is 2.20. The molecule has 1 spiro atoms. The molecule has 7 nitrogen and oxygen atoms in total. The van der Waals surface area contributed by atoms with E-state index in [1.54, 1.807) is 6.07 Å². The summed E-state index contributed by atoms with van der Waals surface area (Å²) >= 11 is 0. The lowest BCUT2D eigenvalue weighted by atomic mass is 9.60. The first-order valence-corrected chi connectivity index (χ1v) is 12.6. The Hall–Kier alpha value is -2.35. The molecule has 34 heavy (non-hydrogen) atoms. The molecule has 1 aromatic heterocycles. The van der Waals surface area contributed by atoms with Crippen LogP contribution in [-0.2, 0) is 16.7 Å². The predicted molar refractivity (Wildman–Crippen MR) is 124 cm³/mol. The molecule has 1 aliphatic carbocycles. The molecule has 1 saturated carbocycles. The zero-order valence-electron chi connectivity index (χ0n) is 19.9. The summed E-state index contributed by atoms with van der Waals surface area (Å²) in [6.45, 7) is 2.69. The minimum atomic E-state index is -0.512. The number of fused-ring (bicyclic) bond motifs is 2. The molecule has 0 amide bonds. The highest BCUT2D eigenvalue weighted by Gasteiger charge is 2.83. The van der Waals surface area contributed by atoms with Gasteiger partial charge in [-0.25, -0.2) is 4.79 Å². The Balaban J connectivity index is 1.41. The molecule has 0 radical (unpaired) electrons. The lowest BCUT2D eigenvalue weighted by Gasteiger charge is -2.67. The molecule has 2 N–H and O–H groups in total. The Kier molecular flexibility index (Phi) is 4.10. The molecule has 10 atom stereocenters. The third kappa shape index (κ3) is 2.10. The Labute approximate surface area is 199 Å². The van der Waals surface area contributed by atoms with Gasteiger partial charge in [0.25, 0.3) is 0 Å². The van der Waals surface area contributed by atoms with E-state index < -0.39 is 18.3 Å². The number of likely N-dealkylation sites (N-methyl/N-ethyl adjacent to an activating group) is 1. The molecule has 5 bridgehead atoms. The van der Waals surface area contributed by atoms with Gasteiger partial charge in [0.05, 0.1) is 30.7 Å². The summed E-state index contributed by atoms with van der Waals surface area (Å²) < 4.78 is 11.3. The second-order valence-electron chi connectivity index (χ2n) is 11.3. The zero-order chi connectivity index (χ0) is 23.6. The number of piperidine rings is 4. The number of rotatable bonds is 4. The number of benzene rings is 1. The highest BCUT2D eigenvalue weighted by Crippen LogP contribution is 2.71. The standard InChI is InChI=1S/C27H33N2O5/c1-4-15-16-11-19-23-27(17-7-5-6-8-18(17)28(23)2)12-20(22(16)24(27)30)29(19,25(15)31)13-14-9-10-21(34-14)26(32)33-3/h5-10,15-16,19-20,22-25,30-31H,4,11-13H2,1-3H3/q+1/t15-,16-,19+,20+,22-,23+,24+,25+,27+,29-/m1/s1. The molecule has 2 aromatic rings. The Morgan fingerprint density at radius 1 is 1.24 bits per heavy atom. The van der Waals surface area contributed by atoms with Crippen LogP contribution in [0.1, 0.15) is 48.1 Å². The molecule has 5 fully saturated rings. The van der Waals surface area contributed by atoms with E-state index in [9.17, 15) is 15.0 Å². The second kappa shape index (κ2) is 6.65. The molecule has 6 heterocycles. The number of para-hydroxylation sites is 1. The van der Waals surface area contributed by atoms with Crippen molar-refractivity contribution in [1.29, 1.82) is 0 Å². The van der Waals surface area contributed by atoms with Gasteiger partial charge in [-0.2, -0.15) is 0 Å². The number of aliphatic hydroxyl groups is 2. The van der Waals surface area contributed by atoms with Crippen molar-refractivity contribution in [3.05, 3.63) is 53.5 Å². The van der Waals surface area contributed by atoms with Crippen LogP contribution in [0.3, 0.4) is 0 Å². The maximum Gasteiger partial charge on any atom is 0.373 e. The monoisotopic (exact) mass is 465 g/mol. The first-order valence-electron chi connectivity index (χ1n) is 12.6. The number of hydrogen-bond donors (Lipinski definition) is 2. The van der Waals surface area contributed by atoms with Crippen LogP contribution in [0.5, 0.6) is 0 Å². The van der Waals surface area contributed by atoms with Gasteiger partial charge in [-0.3, -0.25) is 4.48 Å². The summed E-state index contributed by atoms with van der Waals surface area (Å²) in [5, 5.41) is 24.1. The third-order valence-electron chi connectivity index (χ3n) is 10.6. The van der Waals surface area contributed by atoms with Crippen molar-refractivity contribution >= 4 is 11.7 Å². The number of nitrogens with zero attached hydrogens (tertiary/aromatic N) is 2. The molecule has 6 aliphatic rings. The van der Waals surface area contributed by atoms with Crippen LogP contribution >= 0.6 is 0 Å². The van der Waals surface area contributed by atoms with Crippen molar-refractivity contribution in [3.63, 3.8) is 0 Å². The number of carbonyl (C=O) groups is 1. The van der Waals surface area contributed by atoms with Gasteiger partial charge in [0.2, 0.25) is 5.76 Å². The van der Waals surface area contributed by atoms with Crippen LogP contribution in [0, 0.1) is 17.8 Å². The zero-order valence-corrected chi connectivity index (χ0v) is 19.9. The lowest BCUT2D eigenvalue weighted by molar-refractivity contribution is -1.05. The van der Waals surface area contributed by atoms with Gasteiger partial charge in [-0.1, -0.05) is 25.1 Å². The summed E-state index contributed by atoms with van der Waals surface area (Å²) in [4.78, 5) is 14.4. The number of quaternary nitrogens is 1. The molecule has 4 saturated heterocycles. The topological polar surface area (TPSA) is 83.1 Å². The van der Waals surface area contributed by atoms with E-state index in [4.69, 9.17) is 9.15 Å². The van der Waals surface area contributed by atoms with Crippen LogP contribution in [0.2, 0.25) is 0 Å². The maximum absolute atomic E-state index is 12.1. The summed E-state index contributed by atoms with van der Waals surface area (Å²) in [6.07, 6.45) is 1.83. The van der Waals surface area contributed by atoms with Crippen molar-refractivity contribution in [1.82, 2.24) is 0 Å². The van der Waals surface area contributed by atoms with Crippen molar-refractivity contribution < 1.29 is 28.6 Å². The fourth-order valence-electron chi connectivity index (χ4n) is 9.65. The molecule has 1 aromatic carbocycles. The molecule has 7 heteroatoms. The van der Waals surface area contributed by atoms with Gasteiger partial charge in [0, 0.05) is 37.4 Å². The van der Waals surface area contributed by atoms with E-state index in [1.165, 1.54) is 18.4 Å². The maximum atomic E-state index is 12.1. The van der Waals surface area contributed by atoms with Crippen LogP contribution in [0.25, 0.3) is 0 Å². The van der Waals surface area contributed by atoms with Crippen molar-refractivity contribution in [2.45, 2.75) is 68.6 Å². The normalized spacial score (nSPS) is 44.9. The first kappa shape index (κ1) is 21.0. The number of esters is 1. The Morgan fingerprint density at radius 2 is 2.03 bits per heavy atom. The SMILES string of the molecule is CC[C@@H]1[C@H]2C[C@H]3[C@@H]4N(C)c5ccccc5[C@@]45C[C@@H]([C@@H]2[C@@H]5O)[N@+]3(Cc2ccc(C(=O)OC)o2)[C@H]1O. The number of methoxy groups -OCH3 is 1. The van der Waals surface area contributed by atoms with E-state index in [0.717, 1.165) is 19.3 Å². The van der Waals surface area contributed by atoms with Gasteiger partial charge in [-0.05, 0) is 36.1 Å². The highest BCUT2D eigenvalue weighted by molar-refractivity contribution is 5.86. The number of hydrogen-bond acceptors (Lipinski definition) is 6. The van der Waals surface area contributed by atoms with Crippen LogP contribution in [-0.4, -0.2) is 65.3 Å². The summed E-state index contributed by atoms with van der Waals surface area (Å²) in [7, 11) is 3.51. The predicted octanol–water partition coefficient (Wildman–Crippen LogP) is 2.65. The van der Waals surface area contributed by atoms with E-state index in [0.29, 0.717) is 22.7 Å². The van der Waals surface area contributed by atoms with Gasteiger partial charge < -0.3 is 24.3 Å². The highest BCUT2D eigenvalue weighted by atomic mass is 16.5. The van der Waals surface area contributed by atoms with Crippen LogP contribution < -0.4 is 4.90 Å². The molecular weight excluding hydrogens is 432 g/mol. The van der Waals surface area contributed by atoms with Crippen molar-refractivity contribution in [2.24, 2.45) is 17.8 Å². The van der Waals surface area contributed by atoms with Gasteiger partial charge in [-0.15, -0.1) is 0 Å². The Bertz CT molecular complexity index is 1180. The minimum absolute atomic E-state index is 0.119. The lowest BCUT2D eigenvalue weighted by Crippen LogP contribution is -2.82. The average molecular weight is 466 g/mol. The van der Waals surface area contributed by atoms with Crippen LogP contribution in [0.4, 0.5) is 5.69 Å². The smallest absolute Gasteiger partial charge is 0.373 e. The molecule has 8 rings (SSSR count). The van der Waals surface area contributed by atoms with E-state index >= 15 is 0 Å². The van der Waals surface area contributed by atoms with Gasteiger partial charge >= 0.3 is 5.97 Å². The molecule has 0 unspecified atom stereocenters. The number of aliphatic hydroxyl groups excluding tert-OH is 2. The molecular formula is C27H33N2O5+.